The van der Waals surface area contributed by atoms with E-state index in [2.05, 4.69) is 32.9 Å². The van der Waals surface area contributed by atoms with Gasteiger partial charge in [-0.1, -0.05) is 258 Å². The lowest BCUT2D eigenvalue weighted by Gasteiger charge is -2.07. The van der Waals surface area contributed by atoms with E-state index < -0.39 is 0 Å². The Labute approximate surface area is 329 Å². The summed E-state index contributed by atoms with van der Waals surface area (Å²) >= 11 is 0. The SMILES string of the molecule is CCCCCC/C=C\CCCCCCCC(=O)OCCCCCCCCCCCCCCCCCCCCCCCCCCCCCCC(C)CC. The first-order valence-electron chi connectivity index (χ1n) is 24.5. The van der Waals surface area contributed by atoms with Crippen LogP contribution >= 0.6 is 0 Å². The maximum atomic E-state index is 12.0. The van der Waals surface area contributed by atoms with E-state index >= 15 is 0 Å². The van der Waals surface area contributed by atoms with Crippen molar-refractivity contribution < 1.29 is 9.53 Å². The van der Waals surface area contributed by atoms with E-state index in [1.165, 1.54) is 244 Å². The van der Waals surface area contributed by atoms with Crippen molar-refractivity contribution in [2.75, 3.05) is 6.61 Å². The summed E-state index contributed by atoms with van der Waals surface area (Å²) in [5.41, 5.74) is 0. The van der Waals surface area contributed by atoms with Crippen LogP contribution in [0.3, 0.4) is 0 Å². The molecule has 0 N–H and O–H groups in total. The van der Waals surface area contributed by atoms with E-state index in [4.69, 9.17) is 4.74 Å². The van der Waals surface area contributed by atoms with Gasteiger partial charge in [0.05, 0.1) is 6.61 Å². The molecule has 0 rings (SSSR count). The highest BCUT2D eigenvalue weighted by molar-refractivity contribution is 5.69. The Morgan fingerprint density at radius 1 is 0.404 bits per heavy atom. The van der Waals surface area contributed by atoms with Gasteiger partial charge in [0, 0.05) is 6.42 Å². The summed E-state index contributed by atoms with van der Waals surface area (Å²) in [4.78, 5) is 12.0. The van der Waals surface area contributed by atoms with E-state index in [0.29, 0.717) is 13.0 Å². The molecule has 310 valence electrons. The average molecular weight is 731 g/mol. The van der Waals surface area contributed by atoms with E-state index in [1.54, 1.807) is 0 Å². The van der Waals surface area contributed by atoms with Gasteiger partial charge in [-0.3, -0.25) is 4.79 Å². The zero-order chi connectivity index (χ0) is 37.7. The summed E-state index contributed by atoms with van der Waals surface area (Å²) in [7, 11) is 0. The van der Waals surface area contributed by atoms with Crippen molar-refractivity contribution in [2.45, 2.75) is 290 Å². The Bertz CT molecular complexity index is 684. The number of hydrogen-bond donors (Lipinski definition) is 0. The second kappa shape index (κ2) is 46.4. The van der Waals surface area contributed by atoms with Crippen molar-refractivity contribution in [3.05, 3.63) is 12.2 Å². The standard InChI is InChI=1S/C50H98O2/c1-4-6-7-8-9-10-11-28-32-35-38-41-44-47-50(51)52-48-45-42-39-36-33-30-27-25-23-21-19-17-15-13-12-14-16-18-20-22-24-26-29-31-34-37-40-43-46-49(3)5-2/h10-11,49H,4-9,12-48H2,1-3H3/b11-10-. The van der Waals surface area contributed by atoms with Crippen LogP contribution in [-0.4, -0.2) is 12.6 Å². The molecule has 0 saturated carbocycles. The largest absolute Gasteiger partial charge is 0.466 e. The zero-order valence-electron chi connectivity index (χ0n) is 36.5. The normalized spacial score (nSPS) is 12.3. The molecular formula is C50H98O2. The summed E-state index contributed by atoms with van der Waals surface area (Å²) in [6.07, 6.45) is 62.0. The Balaban J connectivity index is 3.15. The summed E-state index contributed by atoms with van der Waals surface area (Å²) in [6.45, 7) is 7.62. The molecule has 0 amide bonds. The first-order chi connectivity index (χ1) is 25.7. The minimum Gasteiger partial charge on any atom is -0.466 e. The Hall–Kier alpha value is -0.790. The third-order valence-corrected chi connectivity index (χ3v) is 11.7. The van der Waals surface area contributed by atoms with Crippen LogP contribution in [0.2, 0.25) is 0 Å². The van der Waals surface area contributed by atoms with Crippen LogP contribution in [0.5, 0.6) is 0 Å². The number of rotatable bonds is 45. The number of esters is 1. The fourth-order valence-corrected chi connectivity index (χ4v) is 7.64. The highest BCUT2D eigenvalue weighted by atomic mass is 16.5. The van der Waals surface area contributed by atoms with Crippen molar-refractivity contribution in [3.8, 4) is 0 Å². The molecule has 1 unspecified atom stereocenters. The molecular weight excluding hydrogens is 633 g/mol. The lowest BCUT2D eigenvalue weighted by atomic mass is 9.99. The van der Waals surface area contributed by atoms with Crippen LogP contribution < -0.4 is 0 Å². The van der Waals surface area contributed by atoms with Crippen molar-refractivity contribution in [1.29, 1.82) is 0 Å². The fourth-order valence-electron chi connectivity index (χ4n) is 7.64. The predicted molar refractivity (Wildman–Crippen MR) is 235 cm³/mol. The van der Waals surface area contributed by atoms with Crippen LogP contribution in [0.4, 0.5) is 0 Å². The number of allylic oxidation sites excluding steroid dienone is 2. The Morgan fingerprint density at radius 2 is 0.712 bits per heavy atom. The molecule has 0 radical (unpaired) electrons. The molecule has 0 spiro atoms. The smallest absolute Gasteiger partial charge is 0.305 e. The topological polar surface area (TPSA) is 26.3 Å². The molecule has 0 bridgehead atoms. The molecule has 0 aliphatic carbocycles. The minimum absolute atomic E-state index is 0.0198. The maximum absolute atomic E-state index is 12.0. The molecule has 52 heavy (non-hydrogen) atoms. The quantitative estimate of drug-likeness (QED) is 0.0354. The van der Waals surface area contributed by atoms with E-state index in [1.807, 2.05) is 0 Å². The number of carbonyl (C=O) groups excluding carboxylic acids is 1. The highest BCUT2D eigenvalue weighted by Crippen LogP contribution is 2.18. The molecule has 0 fully saturated rings. The monoisotopic (exact) mass is 731 g/mol. The fraction of sp³-hybridized carbons (Fsp3) is 0.940. The number of unbranched alkanes of at least 4 members (excludes halogenated alkanes) is 36. The van der Waals surface area contributed by atoms with Gasteiger partial charge in [0.15, 0.2) is 0 Å². The van der Waals surface area contributed by atoms with Crippen molar-refractivity contribution in [2.24, 2.45) is 5.92 Å². The van der Waals surface area contributed by atoms with Crippen LogP contribution in [-0.2, 0) is 9.53 Å². The van der Waals surface area contributed by atoms with Crippen molar-refractivity contribution in [1.82, 2.24) is 0 Å². The lowest BCUT2D eigenvalue weighted by molar-refractivity contribution is -0.143. The van der Waals surface area contributed by atoms with Gasteiger partial charge >= 0.3 is 5.97 Å². The van der Waals surface area contributed by atoms with Gasteiger partial charge in [-0.2, -0.15) is 0 Å². The Morgan fingerprint density at radius 3 is 1.08 bits per heavy atom. The summed E-state index contributed by atoms with van der Waals surface area (Å²) < 4.78 is 5.47. The number of ether oxygens (including phenoxy) is 1. The number of hydrogen-bond acceptors (Lipinski definition) is 2. The van der Waals surface area contributed by atoms with Gasteiger partial charge in [-0.05, 0) is 44.4 Å². The molecule has 1 atom stereocenters. The molecule has 2 heteroatoms. The second-order valence-corrected chi connectivity index (χ2v) is 17.0. The lowest BCUT2D eigenvalue weighted by Crippen LogP contribution is -2.05. The molecule has 0 saturated heterocycles. The number of carbonyl (C=O) groups is 1. The minimum atomic E-state index is 0.0198. The van der Waals surface area contributed by atoms with Crippen LogP contribution in [0.25, 0.3) is 0 Å². The van der Waals surface area contributed by atoms with Crippen LogP contribution in [0.1, 0.15) is 290 Å². The van der Waals surface area contributed by atoms with Crippen LogP contribution in [0, 0.1) is 5.92 Å². The summed E-state index contributed by atoms with van der Waals surface area (Å²) in [6, 6.07) is 0. The third kappa shape index (κ3) is 45.4. The molecule has 0 aromatic carbocycles. The molecule has 0 aliphatic rings. The molecule has 0 heterocycles. The van der Waals surface area contributed by atoms with Gasteiger partial charge < -0.3 is 4.74 Å². The van der Waals surface area contributed by atoms with E-state index in [0.717, 1.165) is 25.2 Å². The molecule has 0 aliphatic heterocycles. The Kier molecular flexibility index (Phi) is 45.7. The predicted octanol–water partition coefficient (Wildman–Crippen LogP) is 18.1. The van der Waals surface area contributed by atoms with E-state index in [-0.39, 0.29) is 5.97 Å². The van der Waals surface area contributed by atoms with Crippen molar-refractivity contribution >= 4 is 5.97 Å². The summed E-state index contributed by atoms with van der Waals surface area (Å²) in [5.74, 6) is 0.959. The molecule has 2 nitrogen and oxygen atoms in total. The van der Waals surface area contributed by atoms with Gasteiger partial charge in [0.2, 0.25) is 0 Å². The van der Waals surface area contributed by atoms with Gasteiger partial charge in [0.1, 0.15) is 0 Å². The molecule has 0 aromatic heterocycles. The average Bonchev–Trinajstić information content (AvgIpc) is 3.15. The second-order valence-electron chi connectivity index (χ2n) is 17.0. The first-order valence-corrected chi connectivity index (χ1v) is 24.5. The highest BCUT2D eigenvalue weighted by Gasteiger charge is 2.03. The molecule has 0 aromatic rings. The van der Waals surface area contributed by atoms with E-state index in [9.17, 15) is 4.79 Å². The third-order valence-electron chi connectivity index (χ3n) is 11.7. The van der Waals surface area contributed by atoms with Gasteiger partial charge in [-0.25, -0.2) is 0 Å². The first kappa shape index (κ1) is 51.2. The van der Waals surface area contributed by atoms with Crippen LogP contribution in [0.15, 0.2) is 12.2 Å². The zero-order valence-corrected chi connectivity index (χ0v) is 36.5. The van der Waals surface area contributed by atoms with Gasteiger partial charge in [0.25, 0.3) is 0 Å². The maximum Gasteiger partial charge on any atom is 0.305 e. The van der Waals surface area contributed by atoms with Crippen molar-refractivity contribution in [3.63, 3.8) is 0 Å². The summed E-state index contributed by atoms with van der Waals surface area (Å²) in [5, 5.41) is 0. The van der Waals surface area contributed by atoms with Gasteiger partial charge in [-0.15, -0.1) is 0 Å².